The summed E-state index contributed by atoms with van der Waals surface area (Å²) in [7, 11) is 2.00. The van der Waals surface area contributed by atoms with E-state index in [4.69, 9.17) is 4.74 Å². The first kappa shape index (κ1) is 14.6. The van der Waals surface area contributed by atoms with Gasteiger partial charge in [-0.2, -0.15) is 5.10 Å². The number of nitrogens with one attached hydrogen (secondary N) is 1. The van der Waals surface area contributed by atoms with E-state index in [9.17, 15) is 0 Å². The van der Waals surface area contributed by atoms with Crippen molar-refractivity contribution in [3.63, 3.8) is 0 Å². The first-order valence-corrected chi connectivity index (χ1v) is 7.14. The maximum absolute atomic E-state index is 5.71. The van der Waals surface area contributed by atoms with Crippen molar-refractivity contribution in [1.82, 2.24) is 15.1 Å². The lowest BCUT2D eigenvalue weighted by atomic mass is 10.1. The third-order valence-corrected chi connectivity index (χ3v) is 3.43. The summed E-state index contributed by atoms with van der Waals surface area (Å²) in [6, 6.07) is 10.9. The Balaban J connectivity index is 1.73. The topological polar surface area (TPSA) is 39.1 Å². The van der Waals surface area contributed by atoms with E-state index in [0.29, 0.717) is 12.6 Å². The Kier molecular flexibility index (Phi) is 5.62. The Morgan fingerprint density at radius 2 is 2.10 bits per heavy atom. The Bertz CT molecular complexity index is 479. The molecule has 2 rings (SSSR count). The predicted molar refractivity (Wildman–Crippen MR) is 81.0 cm³/mol. The maximum Gasteiger partial charge on any atom is 0.119 e. The molecular formula is C16H23N3O. The van der Waals surface area contributed by atoms with E-state index < -0.39 is 0 Å². The second-order valence-electron chi connectivity index (χ2n) is 4.99. The van der Waals surface area contributed by atoms with Gasteiger partial charge in [0.1, 0.15) is 12.4 Å². The number of nitrogens with zero attached hydrogens (tertiary/aromatic N) is 2. The number of ether oxygens (including phenoxy) is 1. The number of hydrogen-bond acceptors (Lipinski definition) is 3. The molecule has 0 amide bonds. The summed E-state index contributed by atoms with van der Waals surface area (Å²) in [6.07, 6.45) is 5.96. The molecule has 1 atom stereocenters. The zero-order valence-corrected chi connectivity index (χ0v) is 12.2. The molecule has 0 saturated heterocycles. The van der Waals surface area contributed by atoms with Crippen LogP contribution in [0.25, 0.3) is 0 Å². The average molecular weight is 273 g/mol. The minimum absolute atomic E-state index is 0.556. The van der Waals surface area contributed by atoms with Crippen molar-refractivity contribution >= 4 is 0 Å². The van der Waals surface area contributed by atoms with Crippen LogP contribution in [0.15, 0.2) is 42.7 Å². The minimum Gasteiger partial charge on any atom is -0.492 e. The fourth-order valence-electron chi connectivity index (χ4n) is 1.97. The number of aryl methyl sites for hydroxylation is 1. The van der Waals surface area contributed by atoms with Gasteiger partial charge in [-0.05, 0) is 50.6 Å². The third kappa shape index (κ3) is 4.70. The van der Waals surface area contributed by atoms with Gasteiger partial charge in [0.2, 0.25) is 0 Å². The van der Waals surface area contributed by atoms with Crippen LogP contribution >= 0.6 is 0 Å². The fourth-order valence-corrected chi connectivity index (χ4v) is 1.97. The van der Waals surface area contributed by atoms with Gasteiger partial charge in [-0.25, -0.2) is 0 Å². The van der Waals surface area contributed by atoms with Crippen LogP contribution < -0.4 is 10.1 Å². The highest BCUT2D eigenvalue weighted by atomic mass is 16.5. The van der Waals surface area contributed by atoms with Gasteiger partial charge in [-0.3, -0.25) is 4.68 Å². The van der Waals surface area contributed by atoms with E-state index in [-0.39, 0.29) is 0 Å². The molecule has 0 aliphatic carbocycles. The van der Waals surface area contributed by atoms with Crippen LogP contribution in [0.3, 0.4) is 0 Å². The van der Waals surface area contributed by atoms with Gasteiger partial charge >= 0.3 is 0 Å². The van der Waals surface area contributed by atoms with Gasteiger partial charge < -0.3 is 10.1 Å². The largest absolute Gasteiger partial charge is 0.492 e. The molecule has 0 spiro atoms. The normalized spacial score (nSPS) is 12.3. The molecule has 1 N–H and O–H groups in total. The van der Waals surface area contributed by atoms with Crippen molar-refractivity contribution in [3.05, 3.63) is 48.3 Å². The third-order valence-electron chi connectivity index (χ3n) is 3.43. The minimum atomic E-state index is 0.556. The SMILES string of the molecule is CNC(C)CCc1ccc(OCCn2cccn2)cc1. The molecule has 108 valence electrons. The highest BCUT2D eigenvalue weighted by molar-refractivity contribution is 5.27. The van der Waals surface area contributed by atoms with Crippen molar-refractivity contribution in [2.24, 2.45) is 0 Å². The average Bonchev–Trinajstić information content (AvgIpc) is 2.99. The van der Waals surface area contributed by atoms with Gasteiger partial charge in [0.25, 0.3) is 0 Å². The molecule has 2 aromatic rings. The predicted octanol–water partition coefficient (Wildman–Crippen LogP) is 2.50. The van der Waals surface area contributed by atoms with Crippen LogP contribution in [-0.2, 0) is 13.0 Å². The van der Waals surface area contributed by atoms with Crippen LogP contribution in [0.5, 0.6) is 5.75 Å². The lowest BCUT2D eigenvalue weighted by Gasteiger charge is -2.10. The molecule has 1 aromatic carbocycles. The number of aromatic nitrogens is 2. The van der Waals surface area contributed by atoms with E-state index >= 15 is 0 Å². The standard InChI is InChI=1S/C16H23N3O/c1-14(17-2)4-5-15-6-8-16(9-7-15)20-13-12-19-11-3-10-18-19/h3,6-11,14,17H,4-5,12-13H2,1-2H3. The summed E-state index contributed by atoms with van der Waals surface area (Å²) in [6.45, 7) is 3.61. The summed E-state index contributed by atoms with van der Waals surface area (Å²) in [5.41, 5.74) is 1.35. The molecule has 20 heavy (non-hydrogen) atoms. The van der Waals surface area contributed by atoms with Crippen molar-refractivity contribution in [2.45, 2.75) is 32.4 Å². The van der Waals surface area contributed by atoms with E-state index in [1.54, 1.807) is 6.20 Å². The molecular weight excluding hydrogens is 250 g/mol. The highest BCUT2D eigenvalue weighted by Crippen LogP contribution is 2.14. The van der Waals surface area contributed by atoms with Crippen LogP contribution in [0.2, 0.25) is 0 Å². The van der Waals surface area contributed by atoms with Crippen LogP contribution in [0, 0.1) is 0 Å². The number of benzene rings is 1. The second kappa shape index (κ2) is 7.70. The Hall–Kier alpha value is -1.81. The van der Waals surface area contributed by atoms with E-state index in [2.05, 4.69) is 29.5 Å². The zero-order chi connectivity index (χ0) is 14.2. The van der Waals surface area contributed by atoms with Gasteiger partial charge in [-0.1, -0.05) is 12.1 Å². The van der Waals surface area contributed by atoms with Crippen molar-refractivity contribution < 1.29 is 4.74 Å². The Morgan fingerprint density at radius 1 is 1.30 bits per heavy atom. The zero-order valence-electron chi connectivity index (χ0n) is 12.2. The highest BCUT2D eigenvalue weighted by Gasteiger charge is 2.00. The summed E-state index contributed by atoms with van der Waals surface area (Å²) >= 11 is 0. The monoisotopic (exact) mass is 273 g/mol. The van der Waals surface area contributed by atoms with Gasteiger partial charge in [0.05, 0.1) is 6.54 Å². The Labute approximate surface area is 120 Å². The molecule has 0 bridgehead atoms. The first-order chi connectivity index (χ1) is 9.78. The van der Waals surface area contributed by atoms with E-state index in [1.807, 2.05) is 36.1 Å². The number of rotatable bonds is 8. The molecule has 4 heteroatoms. The fraction of sp³-hybridized carbons (Fsp3) is 0.438. The van der Waals surface area contributed by atoms with Crippen molar-refractivity contribution in [1.29, 1.82) is 0 Å². The van der Waals surface area contributed by atoms with Gasteiger partial charge in [0, 0.05) is 18.4 Å². The summed E-state index contributed by atoms with van der Waals surface area (Å²) in [5, 5.41) is 7.40. The second-order valence-corrected chi connectivity index (χ2v) is 4.99. The Morgan fingerprint density at radius 3 is 2.75 bits per heavy atom. The van der Waals surface area contributed by atoms with Crippen LogP contribution in [-0.4, -0.2) is 29.5 Å². The lowest BCUT2D eigenvalue weighted by Crippen LogP contribution is -2.21. The molecule has 0 saturated carbocycles. The molecule has 0 radical (unpaired) electrons. The van der Waals surface area contributed by atoms with Gasteiger partial charge in [-0.15, -0.1) is 0 Å². The van der Waals surface area contributed by atoms with Crippen molar-refractivity contribution in [3.8, 4) is 5.75 Å². The molecule has 1 aromatic heterocycles. The van der Waals surface area contributed by atoms with Gasteiger partial charge in [0.15, 0.2) is 0 Å². The molecule has 0 aliphatic heterocycles. The quantitative estimate of drug-likeness (QED) is 0.803. The molecule has 0 aliphatic rings. The summed E-state index contributed by atoms with van der Waals surface area (Å²) in [5.74, 6) is 0.919. The molecule has 4 nitrogen and oxygen atoms in total. The molecule has 1 heterocycles. The van der Waals surface area contributed by atoms with Crippen molar-refractivity contribution in [2.75, 3.05) is 13.7 Å². The molecule has 1 unspecified atom stereocenters. The van der Waals surface area contributed by atoms with Crippen LogP contribution in [0.1, 0.15) is 18.9 Å². The summed E-state index contributed by atoms with van der Waals surface area (Å²) < 4.78 is 7.58. The molecule has 0 fully saturated rings. The van der Waals surface area contributed by atoms with E-state index in [0.717, 1.165) is 25.1 Å². The maximum atomic E-state index is 5.71. The first-order valence-electron chi connectivity index (χ1n) is 7.14. The van der Waals surface area contributed by atoms with Crippen LogP contribution in [0.4, 0.5) is 0 Å². The van der Waals surface area contributed by atoms with E-state index in [1.165, 1.54) is 5.56 Å². The number of hydrogen-bond donors (Lipinski definition) is 1. The smallest absolute Gasteiger partial charge is 0.119 e. The summed E-state index contributed by atoms with van der Waals surface area (Å²) in [4.78, 5) is 0. The lowest BCUT2D eigenvalue weighted by molar-refractivity contribution is 0.291.